The van der Waals surface area contributed by atoms with Crippen molar-refractivity contribution in [3.8, 4) is 0 Å². The van der Waals surface area contributed by atoms with Crippen LogP contribution in [0.25, 0.3) is 0 Å². The Labute approximate surface area is 244 Å². The molecule has 1 aliphatic carbocycles. The SMILES string of the molecule is C[C@H]1C(O[C@H]2[C@@H](O)[C@H](O[C@@H]3[C@@H](O)[C@H](N)C[C@H](N)[C@H]3O[C@H]3O[C@H]([C@@H](N)CO)CC[C@H]3N)O[C@@H]2CO)O[C@@H](CN)[C@@H](O)[C@@H]1O. The van der Waals surface area contributed by atoms with E-state index < -0.39 is 117 Å². The van der Waals surface area contributed by atoms with Crippen LogP contribution in [0.5, 0.6) is 0 Å². The van der Waals surface area contributed by atoms with Crippen LogP contribution in [0.4, 0.5) is 0 Å². The van der Waals surface area contributed by atoms with Crippen molar-refractivity contribution in [1.82, 2.24) is 0 Å². The second-order valence-corrected chi connectivity index (χ2v) is 11.8. The molecule has 17 nitrogen and oxygen atoms in total. The second kappa shape index (κ2) is 14.6. The van der Waals surface area contributed by atoms with E-state index in [0.717, 1.165) is 0 Å². The molecular weight excluding hydrogens is 562 g/mol. The number of rotatable bonds is 10. The first-order valence-electron chi connectivity index (χ1n) is 14.5. The largest absolute Gasteiger partial charge is 0.395 e. The van der Waals surface area contributed by atoms with Gasteiger partial charge in [0.15, 0.2) is 18.9 Å². The maximum absolute atomic E-state index is 11.2. The average molecular weight is 612 g/mol. The lowest BCUT2D eigenvalue weighted by molar-refractivity contribution is -0.297. The Hall–Kier alpha value is -0.680. The third-order valence-electron chi connectivity index (χ3n) is 8.78. The molecule has 42 heavy (non-hydrogen) atoms. The van der Waals surface area contributed by atoms with Crippen LogP contribution in [0.2, 0.25) is 0 Å². The van der Waals surface area contributed by atoms with E-state index in [9.17, 15) is 30.6 Å². The number of hydrogen-bond acceptors (Lipinski definition) is 17. The third kappa shape index (κ3) is 7.08. The van der Waals surface area contributed by atoms with Gasteiger partial charge in [-0.2, -0.15) is 0 Å². The van der Waals surface area contributed by atoms with Crippen LogP contribution >= 0.6 is 0 Å². The van der Waals surface area contributed by atoms with Crippen molar-refractivity contribution in [2.24, 2.45) is 34.6 Å². The molecule has 0 aromatic carbocycles. The molecule has 1 saturated carbocycles. The number of hydrogen-bond donors (Lipinski definition) is 11. The minimum absolute atomic E-state index is 0.0911. The highest BCUT2D eigenvalue weighted by Gasteiger charge is 2.53. The summed E-state index contributed by atoms with van der Waals surface area (Å²) in [6.07, 6.45) is -13.5. The van der Waals surface area contributed by atoms with E-state index in [0.29, 0.717) is 12.8 Å². The molecule has 3 saturated heterocycles. The summed E-state index contributed by atoms with van der Waals surface area (Å²) < 4.78 is 35.6. The monoisotopic (exact) mass is 611 g/mol. The minimum Gasteiger partial charge on any atom is -0.395 e. The molecule has 0 bridgehead atoms. The predicted molar refractivity (Wildman–Crippen MR) is 143 cm³/mol. The first-order valence-corrected chi connectivity index (χ1v) is 14.5. The maximum Gasteiger partial charge on any atom is 0.187 e. The maximum atomic E-state index is 11.2. The van der Waals surface area contributed by atoms with Crippen LogP contribution in [-0.2, 0) is 28.4 Å². The molecule has 0 aromatic rings. The Bertz CT molecular complexity index is 852. The van der Waals surface area contributed by atoms with Gasteiger partial charge < -0.3 is 87.7 Å². The van der Waals surface area contributed by atoms with Gasteiger partial charge in [0.25, 0.3) is 0 Å². The lowest BCUT2D eigenvalue weighted by atomic mass is 9.84. The molecule has 246 valence electrons. The van der Waals surface area contributed by atoms with Crippen molar-refractivity contribution in [1.29, 1.82) is 0 Å². The van der Waals surface area contributed by atoms with Crippen molar-refractivity contribution in [3.63, 3.8) is 0 Å². The summed E-state index contributed by atoms with van der Waals surface area (Å²) in [5.74, 6) is -0.717. The zero-order valence-electron chi connectivity index (χ0n) is 23.7. The molecule has 0 spiro atoms. The molecule has 4 rings (SSSR count). The number of aliphatic hydroxyl groups excluding tert-OH is 6. The minimum atomic E-state index is -1.50. The molecule has 16 N–H and O–H groups in total. The summed E-state index contributed by atoms with van der Waals surface area (Å²) in [7, 11) is 0. The smallest absolute Gasteiger partial charge is 0.187 e. The summed E-state index contributed by atoms with van der Waals surface area (Å²) >= 11 is 0. The zero-order chi connectivity index (χ0) is 30.9. The van der Waals surface area contributed by atoms with E-state index in [1.165, 1.54) is 0 Å². The first kappa shape index (κ1) is 34.2. The molecule has 4 fully saturated rings. The Kier molecular flexibility index (Phi) is 11.9. The summed E-state index contributed by atoms with van der Waals surface area (Å²) in [5, 5.41) is 62.3. The Balaban J connectivity index is 1.48. The predicted octanol–water partition coefficient (Wildman–Crippen LogP) is -6.17. The Morgan fingerprint density at radius 3 is 2.00 bits per heavy atom. The highest BCUT2D eigenvalue weighted by molar-refractivity contribution is 5.01. The quantitative estimate of drug-likeness (QED) is 0.109. The fourth-order valence-corrected chi connectivity index (χ4v) is 6.02. The van der Waals surface area contributed by atoms with Crippen molar-refractivity contribution < 1.29 is 59.1 Å². The number of aliphatic hydroxyl groups is 6. The van der Waals surface area contributed by atoms with Crippen molar-refractivity contribution in [2.45, 2.75) is 130 Å². The van der Waals surface area contributed by atoms with Crippen LogP contribution in [0, 0.1) is 5.92 Å². The van der Waals surface area contributed by atoms with E-state index in [-0.39, 0.29) is 19.6 Å². The van der Waals surface area contributed by atoms with Crippen LogP contribution < -0.4 is 28.7 Å². The van der Waals surface area contributed by atoms with E-state index in [1.807, 2.05) is 0 Å². The Morgan fingerprint density at radius 2 is 1.36 bits per heavy atom. The average Bonchev–Trinajstić information content (AvgIpc) is 3.27. The molecule has 0 aromatic heterocycles. The second-order valence-electron chi connectivity index (χ2n) is 11.8. The van der Waals surface area contributed by atoms with Gasteiger partial charge in [-0.15, -0.1) is 0 Å². The molecule has 0 amide bonds. The van der Waals surface area contributed by atoms with Crippen molar-refractivity contribution in [3.05, 3.63) is 0 Å². The van der Waals surface area contributed by atoms with E-state index >= 15 is 0 Å². The first-order chi connectivity index (χ1) is 19.9. The van der Waals surface area contributed by atoms with Gasteiger partial charge in [0.2, 0.25) is 0 Å². The van der Waals surface area contributed by atoms with Crippen LogP contribution in [0.15, 0.2) is 0 Å². The molecule has 1 unspecified atom stereocenters. The van der Waals surface area contributed by atoms with Gasteiger partial charge in [-0.25, -0.2) is 0 Å². The fourth-order valence-electron chi connectivity index (χ4n) is 6.02. The zero-order valence-corrected chi connectivity index (χ0v) is 23.7. The van der Waals surface area contributed by atoms with Crippen molar-refractivity contribution in [2.75, 3.05) is 19.8 Å². The van der Waals surface area contributed by atoms with Gasteiger partial charge in [-0.3, -0.25) is 0 Å². The van der Waals surface area contributed by atoms with E-state index in [1.54, 1.807) is 6.92 Å². The van der Waals surface area contributed by atoms with E-state index in [4.69, 9.17) is 57.1 Å². The molecular formula is C25H49N5O12. The van der Waals surface area contributed by atoms with Gasteiger partial charge in [0.05, 0.1) is 43.6 Å². The molecule has 0 radical (unpaired) electrons. The molecule has 18 atom stereocenters. The number of ether oxygens (including phenoxy) is 6. The van der Waals surface area contributed by atoms with Crippen LogP contribution in [0.1, 0.15) is 26.2 Å². The lowest BCUT2D eigenvalue weighted by Gasteiger charge is -2.46. The van der Waals surface area contributed by atoms with Crippen LogP contribution in [-0.4, -0.2) is 154 Å². The van der Waals surface area contributed by atoms with Gasteiger partial charge in [0, 0.05) is 24.5 Å². The van der Waals surface area contributed by atoms with Gasteiger partial charge >= 0.3 is 0 Å². The third-order valence-corrected chi connectivity index (χ3v) is 8.78. The molecule has 3 heterocycles. The van der Waals surface area contributed by atoms with E-state index in [2.05, 4.69) is 0 Å². The standard InChI is InChI=1S/C25H49N5O12/c1-8-16(33)18(35)14(5-26)38-23(8)41-21-15(7-32)39-25(19(21)36)42-22-17(34)10(28)4-11(29)20(22)40-24-9(27)2-3-13(37-24)12(30)6-31/h8-25,31-36H,2-7,26-30H2,1H3/t8-,9-,10-,11+,12+,13+,14+,15-,16-,17+,18-,19-,20-,21-,22-,23?,24-,25+/m1/s1. The highest BCUT2D eigenvalue weighted by atomic mass is 16.8. The normalized spacial score (nSPS) is 51.0. The lowest BCUT2D eigenvalue weighted by Crippen LogP contribution is -2.65. The summed E-state index contributed by atoms with van der Waals surface area (Å²) in [6.45, 7) is 0.635. The molecule has 17 heteroatoms. The van der Waals surface area contributed by atoms with Crippen LogP contribution in [0.3, 0.4) is 0 Å². The number of nitrogens with two attached hydrogens (primary N) is 5. The van der Waals surface area contributed by atoms with Gasteiger partial charge in [-0.05, 0) is 19.3 Å². The Morgan fingerprint density at radius 1 is 0.714 bits per heavy atom. The van der Waals surface area contributed by atoms with Gasteiger partial charge in [-0.1, -0.05) is 6.92 Å². The molecule has 3 aliphatic heterocycles. The topological polar surface area (TPSA) is 307 Å². The summed E-state index contributed by atoms with van der Waals surface area (Å²) in [5.41, 5.74) is 30.4. The fraction of sp³-hybridized carbons (Fsp3) is 1.00. The summed E-state index contributed by atoms with van der Waals surface area (Å²) in [4.78, 5) is 0. The van der Waals surface area contributed by atoms with Gasteiger partial charge in [0.1, 0.15) is 42.7 Å². The summed E-state index contributed by atoms with van der Waals surface area (Å²) in [6, 6.07) is -2.73. The van der Waals surface area contributed by atoms with Crippen molar-refractivity contribution >= 4 is 0 Å². The molecule has 4 aliphatic rings. The highest BCUT2D eigenvalue weighted by Crippen LogP contribution is 2.35.